The lowest BCUT2D eigenvalue weighted by Crippen LogP contribution is -2.39. The van der Waals surface area contributed by atoms with E-state index < -0.39 is 0 Å². The van der Waals surface area contributed by atoms with Gasteiger partial charge in [-0.15, -0.1) is 0 Å². The minimum atomic E-state index is -0.303. The molecule has 2 aromatic rings. The molecule has 0 bridgehead atoms. The molecule has 144 valence electrons. The first-order valence-corrected chi connectivity index (χ1v) is 8.91. The summed E-state index contributed by atoms with van der Waals surface area (Å²) < 4.78 is 13.5. The van der Waals surface area contributed by atoms with E-state index in [1.54, 1.807) is 37.3 Å². The Bertz CT molecular complexity index is 765. The molecule has 0 saturated carbocycles. The second-order valence-corrected chi connectivity index (χ2v) is 6.78. The van der Waals surface area contributed by atoms with E-state index in [0.29, 0.717) is 12.1 Å². The summed E-state index contributed by atoms with van der Waals surface area (Å²) >= 11 is 0. The lowest BCUT2D eigenvalue weighted by molar-refractivity contribution is -0.121. The Balaban J connectivity index is 1.86. The molecule has 2 N–H and O–H groups in total. The standard InChI is InChI=1S/C21H26FN3O2/c1-15(24-21(27)16-8-5-4-6-9-16)12-20(26)23-14-19(25(2)3)17-10-7-11-18(22)13-17/h4-11,13,15,19H,12,14H2,1-3H3,(H,23,26)(H,24,27)/t15-,19+/m1/s1. The summed E-state index contributed by atoms with van der Waals surface area (Å²) in [6.07, 6.45) is 0.169. The van der Waals surface area contributed by atoms with Crippen molar-refractivity contribution in [3.05, 3.63) is 71.5 Å². The van der Waals surface area contributed by atoms with E-state index >= 15 is 0 Å². The van der Waals surface area contributed by atoms with Gasteiger partial charge in [0.15, 0.2) is 0 Å². The van der Waals surface area contributed by atoms with Crippen LogP contribution in [0, 0.1) is 5.82 Å². The molecule has 0 heterocycles. The summed E-state index contributed by atoms with van der Waals surface area (Å²) in [5.74, 6) is -0.677. The zero-order valence-corrected chi connectivity index (χ0v) is 15.9. The van der Waals surface area contributed by atoms with Gasteiger partial charge in [-0.2, -0.15) is 0 Å². The molecule has 0 aliphatic rings. The van der Waals surface area contributed by atoms with Gasteiger partial charge in [0.25, 0.3) is 5.91 Å². The number of likely N-dealkylation sites (N-methyl/N-ethyl adjacent to an activating group) is 1. The number of amides is 2. The van der Waals surface area contributed by atoms with Crippen LogP contribution in [0.15, 0.2) is 54.6 Å². The number of rotatable bonds is 8. The van der Waals surface area contributed by atoms with Crippen LogP contribution in [0.2, 0.25) is 0 Å². The molecular weight excluding hydrogens is 345 g/mol. The Morgan fingerprint density at radius 3 is 2.41 bits per heavy atom. The molecule has 6 heteroatoms. The Hall–Kier alpha value is -2.73. The predicted octanol–water partition coefficient (Wildman–Crippen LogP) is 2.75. The number of nitrogens with zero attached hydrogens (tertiary/aromatic N) is 1. The van der Waals surface area contributed by atoms with E-state index in [-0.39, 0.29) is 36.1 Å². The first-order valence-electron chi connectivity index (χ1n) is 8.91. The largest absolute Gasteiger partial charge is 0.354 e. The molecule has 0 aliphatic carbocycles. The van der Waals surface area contributed by atoms with Crippen molar-refractivity contribution in [2.45, 2.75) is 25.4 Å². The number of benzene rings is 2. The maximum Gasteiger partial charge on any atom is 0.251 e. The third kappa shape index (κ3) is 6.49. The number of hydrogen-bond donors (Lipinski definition) is 2. The maximum absolute atomic E-state index is 13.5. The molecule has 0 aromatic heterocycles. The van der Waals surface area contributed by atoms with Gasteiger partial charge in [-0.05, 0) is 50.8 Å². The van der Waals surface area contributed by atoms with Crippen LogP contribution >= 0.6 is 0 Å². The molecule has 27 heavy (non-hydrogen) atoms. The number of carbonyl (C=O) groups excluding carboxylic acids is 2. The molecule has 2 atom stereocenters. The van der Waals surface area contributed by atoms with Crippen molar-refractivity contribution in [3.63, 3.8) is 0 Å². The third-order valence-corrected chi connectivity index (χ3v) is 4.25. The van der Waals surface area contributed by atoms with E-state index in [9.17, 15) is 14.0 Å². The van der Waals surface area contributed by atoms with Gasteiger partial charge < -0.3 is 15.5 Å². The fourth-order valence-electron chi connectivity index (χ4n) is 2.82. The van der Waals surface area contributed by atoms with Crippen LogP contribution < -0.4 is 10.6 Å². The van der Waals surface area contributed by atoms with Crippen LogP contribution in [-0.4, -0.2) is 43.4 Å². The Kier molecular flexibility index (Phi) is 7.49. The Labute approximate surface area is 159 Å². The van der Waals surface area contributed by atoms with Crippen molar-refractivity contribution < 1.29 is 14.0 Å². The SMILES string of the molecule is C[C@H](CC(=O)NC[C@@H](c1cccc(F)c1)N(C)C)NC(=O)c1ccccc1. The Morgan fingerprint density at radius 1 is 1.07 bits per heavy atom. The van der Waals surface area contributed by atoms with Gasteiger partial charge in [0.2, 0.25) is 5.91 Å². The quantitative estimate of drug-likeness (QED) is 0.750. The summed E-state index contributed by atoms with van der Waals surface area (Å²) in [5, 5.41) is 5.69. The van der Waals surface area contributed by atoms with Crippen molar-refractivity contribution in [2.24, 2.45) is 0 Å². The molecular formula is C21H26FN3O2. The fourth-order valence-corrected chi connectivity index (χ4v) is 2.82. The molecule has 5 nitrogen and oxygen atoms in total. The minimum absolute atomic E-state index is 0.140. The lowest BCUT2D eigenvalue weighted by Gasteiger charge is -2.25. The third-order valence-electron chi connectivity index (χ3n) is 4.25. The highest BCUT2D eigenvalue weighted by Gasteiger charge is 2.18. The summed E-state index contributed by atoms with van der Waals surface area (Å²) in [6, 6.07) is 14.8. The number of carbonyl (C=O) groups is 2. The predicted molar refractivity (Wildman–Crippen MR) is 104 cm³/mol. The molecule has 0 fully saturated rings. The zero-order valence-electron chi connectivity index (χ0n) is 15.9. The second-order valence-electron chi connectivity index (χ2n) is 6.78. The van der Waals surface area contributed by atoms with Crippen LogP contribution in [0.25, 0.3) is 0 Å². The van der Waals surface area contributed by atoms with Gasteiger partial charge >= 0.3 is 0 Å². The van der Waals surface area contributed by atoms with Gasteiger partial charge in [0.1, 0.15) is 5.82 Å². The fraction of sp³-hybridized carbons (Fsp3) is 0.333. The minimum Gasteiger partial charge on any atom is -0.354 e. The highest BCUT2D eigenvalue weighted by molar-refractivity contribution is 5.94. The summed E-state index contributed by atoms with van der Waals surface area (Å²) in [7, 11) is 3.76. The van der Waals surface area contributed by atoms with E-state index in [0.717, 1.165) is 5.56 Å². The van der Waals surface area contributed by atoms with Crippen molar-refractivity contribution in [1.29, 1.82) is 0 Å². The van der Waals surface area contributed by atoms with Crippen LogP contribution in [0.5, 0.6) is 0 Å². The monoisotopic (exact) mass is 371 g/mol. The van der Waals surface area contributed by atoms with Gasteiger partial charge in [-0.25, -0.2) is 4.39 Å². The molecule has 0 spiro atoms. The first-order chi connectivity index (χ1) is 12.9. The smallest absolute Gasteiger partial charge is 0.251 e. The second kappa shape index (κ2) is 9.83. The van der Waals surface area contributed by atoms with E-state index in [4.69, 9.17) is 0 Å². The average Bonchev–Trinajstić information content (AvgIpc) is 2.62. The van der Waals surface area contributed by atoms with E-state index in [1.165, 1.54) is 12.1 Å². The summed E-state index contributed by atoms with van der Waals surface area (Å²) in [6.45, 7) is 2.14. The zero-order chi connectivity index (χ0) is 19.8. The highest BCUT2D eigenvalue weighted by Crippen LogP contribution is 2.18. The molecule has 2 amide bonds. The highest BCUT2D eigenvalue weighted by atomic mass is 19.1. The van der Waals surface area contributed by atoms with E-state index in [1.807, 2.05) is 31.1 Å². The van der Waals surface area contributed by atoms with Crippen molar-refractivity contribution >= 4 is 11.8 Å². The average molecular weight is 371 g/mol. The van der Waals surface area contributed by atoms with Gasteiger partial charge in [-0.1, -0.05) is 30.3 Å². The summed E-state index contributed by atoms with van der Waals surface area (Å²) in [5.41, 5.74) is 1.36. The van der Waals surface area contributed by atoms with Crippen LogP contribution in [0.1, 0.15) is 35.3 Å². The summed E-state index contributed by atoms with van der Waals surface area (Å²) in [4.78, 5) is 26.3. The van der Waals surface area contributed by atoms with Crippen molar-refractivity contribution in [3.8, 4) is 0 Å². The van der Waals surface area contributed by atoms with Crippen molar-refractivity contribution in [2.75, 3.05) is 20.6 Å². The first kappa shape index (κ1) is 20.6. The molecule has 2 aromatic carbocycles. The normalized spacial score (nSPS) is 13.1. The number of hydrogen-bond acceptors (Lipinski definition) is 3. The number of halogens is 1. The maximum atomic E-state index is 13.5. The molecule has 2 rings (SSSR count). The van der Waals surface area contributed by atoms with E-state index in [2.05, 4.69) is 10.6 Å². The molecule has 0 saturated heterocycles. The lowest BCUT2D eigenvalue weighted by atomic mass is 10.1. The van der Waals surface area contributed by atoms with Crippen LogP contribution in [0.3, 0.4) is 0 Å². The molecule has 0 unspecified atom stereocenters. The topological polar surface area (TPSA) is 61.4 Å². The van der Waals surface area contributed by atoms with Gasteiger partial charge in [0.05, 0.1) is 6.04 Å². The van der Waals surface area contributed by atoms with Gasteiger partial charge in [0, 0.05) is 24.6 Å². The van der Waals surface area contributed by atoms with Gasteiger partial charge in [-0.3, -0.25) is 9.59 Å². The number of nitrogens with one attached hydrogen (secondary N) is 2. The van der Waals surface area contributed by atoms with Crippen LogP contribution in [-0.2, 0) is 4.79 Å². The van der Waals surface area contributed by atoms with Crippen LogP contribution in [0.4, 0.5) is 4.39 Å². The molecule has 0 aliphatic heterocycles. The molecule has 0 radical (unpaired) electrons. The Morgan fingerprint density at radius 2 is 1.78 bits per heavy atom. The van der Waals surface area contributed by atoms with Crippen molar-refractivity contribution in [1.82, 2.24) is 15.5 Å².